The van der Waals surface area contributed by atoms with E-state index >= 15 is 0 Å². The summed E-state index contributed by atoms with van der Waals surface area (Å²) < 4.78 is 6.57. The van der Waals surface area contributed by atoms with Crippen LogP contribution in [0.4, 0.5) is 11.4 Å². The number of benzene rings is 7. The Hall–Kier alpha value is -5.60. The summed E-state index contributed by atoms with van der Waals surface area (Å²) in [4.78, 5) is 0. The summed E-state index contributed by atoms with van der Waals surface area (Å²) >= 11 is 0. The molecule has 0 radical (unpaired) electrons. The highest BCUT2D eigenvalue weighted by Gasteiger charge is 2.50. The fourth-order valence-electron chi connectivity index (χ4n) is 7.31. The van der Waals surface area contributed by atoms with E-state index in [0.29, 0.717) is 0 Å². The lowest BCUT2D eigenvalue weighted by molar-refractivity contribution is 0.436. The van der Waals surface area contributed by atoms with Crippen molar-refractivity contribution in [2.45, 2.75) is 5.41 Å². The first-order valence-corrected chi connectivity index (χ1v) is 14.8. The number of para-hydroxylation sites is 1. The fraction of sp³-hybridized carbons (Fsp3) is 0.0244. The zero-order chi connectivity index (χ0) is 28.4. The molecule has 1 aliphatic heterocycles. The SMILES string of the molecule is c1ccc2c(c1)Oc1ccc(Nc3ccc(-c4cccc5ccccc45)cc3)cc1C21c2ccccc2-c2ccccc21. The van der Waals surface area contributed by atoms with Crippen molar-refractivity contribution in [2.75, 3.05) is 5.32 Å². The minimum Gasteiger partial charge on any atom is -0.457 e. The van der Waals surface area contributed by atoms with Gasteiger partial charge in [-0.2, -0.15) is 0 Å². The number of hydrogen-bond donors (Lipinski definition) is 1. The molecule has 2 aliphatic rings. The van der Waals surface area contributed by atoms with E-state index < -0.39 is 5.41 Å². The van der Waals surface area contributed by atoms with Crippen molar-refractivity contribution in [3.05, 3.63) is 180 Å². The third-order valence-corrected chi connectivity index (χ3v) is 9.12. The summed E-state index contributed by atoms with van der Waals surface area (Å²) in [6.45, 7) is 0. The van der Waals surface area contributed by atoms with Gasteiger partial charge in [0.1, 0.15) is 11.5 Å². The highest BCUT2D eigenvalue weighted by molar-refractivity contribution is 5.97. The molecule has 7 aromatic rings. The Bertz CT molecular complexity index is 2140. The van der Waals surface area contributed by atoms with Gasteiger partial charge in [-0.05, 0) is 80.6 Å². The van der Waals surface area contributed by atoms with Gasteiger partial charge in [0.15, 0.2) is 0 Å². The lowest BCUT2D eigenvalue weighted by atomic mass is 9.66. The van der Waals surface area contributed by atoms with Gasteiger partial charge >= 0.3 is 0 Å². The normalized spacial score (nSPS) is 13.5. The number of nitrogens with one attached hydrogen (secondary N) is 1. The number of anilines is 2. The van der Waals surface area contributed by atoms with Crippen LogP contribution < -0.4 is 10.1 Å². The monoisotopic (exact) mass is 549 g/mol. The Morgan fingerprint density at radius 2 is 1.00 bits per heavy atom. The molecule has 1 N–H and O–H groups in total. The lowest BCUT2D eigenvalue weighted by Gasteiger charge is -2.39. The molecule has 202 valence electrons. The van der Waals surface area contributed by atoms with E-state index in [1.165, 1.54) is 49.7 Å². The van der Waals surface area contributed by atoms with Crippen molar-refractivity contribution >= 4 is 22.1 Å². The molecule has 7 aromatic carbocycles. The maximum absolute atomic E-state index is 6.57. The number of ether oxygens (including phenoxy) is 1. The quantitative estimate of drug-likeness (QED) is 0.237. The van der Waals surface area contributed by atoms with Gasteiger partial charge in [-0.1, -0.05) is 121 Å². The summed E-state index contributed by atoms with van der Waals surface area (Å²) in [5, 5.41) is 6.21. The highest BCUT2D eigenvalue weighted by Crippen LogP contribution is 2.62. The van der Waals surface area contributed by atoms with Crippen LogP contribution in [0, 0.1) is 0 Å². The third kappa shape index (κ3) is 3.47. The summed E-state index contributed by atoms with van der Waals surface area (Å²) in [7, 11) is 0. The second kappa shape index (κ2) is 9.20. The number of fused-ring (bicyclic) bond motifs is 10. The fourth-order valence-corrected chi connectivity index (χ4v) is 7.31. The third-order valence-electron chi connectivity index (χ3n) is 9.12. The first-order valence-electron chi connectivity index (χ1n) is 14.8. The molecule has 1 aliphatic carbocycles. The van der Waals surface area contributed by atoms with Crippen LogP contribution in [0.5, 0.6) is 11.5 Å². The maximum Gasteiger partial charge on any atom is 0.132 e. The molecule has 0 aromatic heterocycles. The van der Waals surface area contributed by atoms with Crippen molar-refractivity contribution in [1.82, 2.24) is 0 Å². The van der Waals surface area contributed by atoms with Crippen LogP contribution in [0.3, 0.4) is 0 Å². The van der Waals surface area contributed by atoms with Crippen LogP contribution in [0.15, 0.2) is 158 Å². The molecular weight excluding hydrogens is 522 g/mol. The average molecular weight is 550 g/mol. The standard InChI is InChI=1S/C41H27NO/c1-2-12-31-27(10-1)11-9-15-32(31)28-20-22-29(23-21-28)42-30-24-25-40-38(26-30)41(37-18-7-8-19-39(37)43-40)35-16-5-3-13-33(35)34-14-4-6-17-36(34)41/h1-26,42H. The molecule has 2 heteroatoms. The Morgan fingerprint density at radius 3 is 1.79 bits per heavy atom. The molecule has 0 saturated heterocycles. The van der Waals surface area contributed by atoms with Gasteiger partial charge in [-0.3, -0.25) is 0 Å². The minimum atomic E-state index is -0.465. The van der Waals surface area contributed by atoms with E-state index in [-0.39, 0.29) is 0 Å². The van der Waals surface area contributed by atoms with E-state index in [2.05, 4.69) is 163 Å². The van der Waals surface area contributed by atoms with E-state index in [1.807, 2.05) is 0 Å². The molecule has 0 unspecified atom stereocenters. The zero-order valence-corrected chi connectivity index (χ0v) is 23.4. The van der Waals surface area contributed by atoms with E-state index in [4.69, 9.17) is 4.74 Å². The second-order valence-corrected chi connectivity index (χ2v) is 11.4. The molecule has 2 nitrogen and oxygen atoms in total. The Kier molecular flexibility index (Phi) is 5.15. The summed E-state index contributed by atoms with van der Waals surface area (Å²) in [6, 6.07) is 56.5. The minimum absolute atomic E-state index is 0.465. The summed E-state index contributed by atoms with van der Waals surface area (Å²) in [5.41, 5.74) is 11.5. The van der Waals surface area contributed by atoms with Gasteiger partial charge in [0.2, 0.25) is 0 Å². The average Bonchev–Trinajstić information content (AvgIpc) is 3.36. The van der Waals surface area contributed by atoms with Crippen LogP contribution in [-0.2, 0) is 5.41 Å². The predicted octanol–water partition coefficient (Wildman–Crippen LogP) is 10.7. The lowest BCUT2D eigenvalue weighted by Crippen LogP contribution is -2.32. The molecule has 0 atom stereocenters. The maximum atomic E-state index is 6.57. The second-order valence-electron chi connectivity index (χ2n) is 11.4. The van der Waals surface area contributed by atoms with E-state index in [9.17, 15) is 0 Å². The molecule has 0 saturated carbocycles. The van der Waals surface area contributed by atoms with E-state index in [0.717, 1.165) is 28.4 Å². The Labute approximate surface area is 250 Å². The molecule has 9 rings (SSSR count). The van der Waals surface area contributed by atoms with Gasteiger partial charge in [-0.25, -0.2) is 0 Å². The molecule has 43 heavy (non-hydrogen) atoms. The van der Waals surface area contributed by atoms with Crippen molar-refractivity contribution < 1.29 is 4.74 Å². The van der Waals surface area contributed by atoms with Crippen molar-refractivity contribution in [3.63, 3.8) is 0 Å². The topological polar surface area (TPSA) is 21.3 Å². The van der Waals surface area contributed by atoms with Crippen LogP contribution >= 0.6 is 0 Å². The predicted molar refractivity (Wildman–Crippen MR) is 176 cm³/mol. The van der Waals surface area contributed by atoms with Gasteiger partial charge in [0, 0.05) is 22.5 Å². The van der Waals surface area contributed by atoms with Gasteiger partial charge in [-0.15, -0.1) is 0 Å². The largest absolute Gasteiger partial charge is 0.457 e. The first-order chi connectivity index (χ1) is 21.3. The van der Waals surface area contributed by atoms with Crippen molar-refractivity contribution in [2.24, 2.45) is 0 Å². The van der Waals surface area contributed by atoms with Gasteiger partial charge in [0.05, 0.1) is 5.41 Å². The number of hydrogen-bond acceptors (Lipinski definition) is 2. The highest BCUT2D eigenvalue weighted by atomic mass is 16.5. The van der Waals surface area contributed by atoms with Crippen LogP contribution in [0.2, 0.25) is 0 Å². The zero-order valence-electron chi connectivity index (χ0n) is 23.4. The van der Waals surface area contributed by atoms with Crippen molar-refractivity contribution in [3.8, 4) is 33.8 Å². The molecule has 0 fully saturated rings. The van der Waals surface area contributed by atoms with Crippen molar-refractivity contribution in [1.29, 1.82) is 0 Å². The molecule has 1 spiro atoms. The smallest absolute Gasteiger partial charge is 0.132 e. The first kappa shape index (κ1) is 24.0. The van der Waals surface area contributed by atoms with E-state index in [1.54, 1.807) is 0 Å². The van der Waals surface area contributed by atoms with Gasteiger partial charge in [0.25, 0.3) is 0 Å². The van der Waals surface area contributed by atoms with Crippen LogP contribution in [0.25, 0.3) is 33.0 Å². The summed E-state index contributed by atoms with van der Waals surface area (Å²) in [5.74, 6) is 1.80. The Balaban J connectivity index is 1.16. The molecule has 0 amide bonds. The van der Waals surface area contributed by atoms with Crippen LogP contribution in [-0.4, -0.2) is 0 Å². The molecule has 1 heterocycles. The Morgan fingerprint density at radius 1 is 0.419 bits per heavy atom. The van der Waals surface area contributed by atoms with Crippen LogP contribution in [0.1, 0.15) is 22.3 Å². The number of rotatable bonds is 3. The van der Waals surface area contributed by atoms with Gasteiger partial charge < -0.3 is 10.1 Å². The summed E-state index contributed by atoms with van der Waals surface area (Å²) in [6.07, 6.45) is 0. The molecule has 0 bridgehead atoms. The molecular formula is C41H27NO.